The first-order valence-electron chi connectivity index (χ1n) is 6.41. The van der Waals surface area contributed by atoms with Gasteiger partial charge in [-0.25, -0.2) is 5.32 Å². The normalized spacial score (nSPS) is 16.9. The summed E-state index contributed by atoms with van der Waals surface area (Å²) in [5.74, 6) is 0.642. The number of nitrogens with zero attached hydrogens (tertiary/aromatic N) is 1. The van der Waals surface area contributed by atoms with Gasteiger partial charge in [0.1, 0.15) is 0 Å². The molecule has 3 heteroatoms. The molecule has 93 valence electrons. The van der Waals surface area contributed by atoms with Crippen LogP contribution in [0.25, 0.3) is 11.3 Å². The molecule has 1 radical (unpaired) electrons. The zero-order valence-electron chi connectivity index (χ0n) is 10.2. The Morgan fingerprint density at radius 2 is 1.72 bits per heavy atom. The van der Waals surface area contributed by atoms with Crippen molar-refractivity contribution in [2.75, 3.05) is 13.1 Å². The minimum Gasteiger partial charge on any atom is -0.358 e. The Morgan fingerprint density at radius 3 is 2.44 bits per heavy atom. The highest BCUT2D eigenvalue weighted by atomic mass is 35.5. The van der Waals surface area contributed by atoms with E-state index >= 15 is 0 Å². The molecule has 0 amide bonds. The molecule has 1 aromatic heterocycles. The summed E-state index contributed by atoms with van der Waals surface area (Å²) in [4.78, 5) is 3.53. The maximum Gasteiger partial charge on any atom is 0.0456 e. The minimum absolute atomic E-state index is 0.642. The predicted octanol–water partition coefficient (Wildman–Crippen LogP) is 3.82. The summed E-state index contributed by atoms with van der Waals surface area (Å²) in [5, 5.41) is 5.18. The van der Waals surface area contributed by atoms with E-state index in [1.54, 1.807) is 0 Å². The average Bonchev–Trinajstić information content (AvgIpc) is 2.90. The monoisotopic (exact) mass is 259 g/mol. The third kappa shape index (κ3) is 2.45. The van der Waals surface area contributed by atoms with Crippen molar-refractivity contribution >= 4 is 11.6 Å². The van der Waals surface area contributed by atoms with Crippen LogP contribution in [0.3, 0.4) is 0 Å². The molecule has 2 aromatic rings. The average molecular weight is 260 g/mol. The minimum atomic E-state index is 0.642. The molecule has 1 saturated heterocycles. The first-order valence-corrected chi connectivity index (χ1v) is 6.79. The fourth-order valence-electron chi connectivity index (χ4n) is 2.51. The van der Waals surface area contributed by atoms with E-state index in [-0.39, 0.29) is 0 Å². The first-order chi connectivity index (χ1) is 8.83. The molecule has 0 bridgehead atoms. The zero-order valence-corrected chi connectivity index (χ0v) is 11.0. The van der Waals surface area contributed by atoms with Crippen LogP contribution in [0.15, 0.2) is 36.4 Å². The third-order valence-corrected chi connectivity index (χ3v) is 3.83. The van der Waals surface area contributed by atoms with Crippen LogP contribution < -0.4 is 5.32 Å². The van der Waals surface area contributed by atoms with Crippen molar-refractivity contribution in [2.24, 2.45) is 0 Å². The summed E-state index contributed by atoms with van der Waals surface area (Å²) in [6.45, 7) is 2.00. The lowest BCUT2D eigenvalue weighted by molar-refractivity contribution is 0.448. The Balaban J connectivity index is 1.82. The Morgan fingerprint density at radius 1 is 1.00 bits per heavy atom. The molecule has 1 N–H and O–H groups in total. The number of aromatic amines is 1. The standard InChI is InChI=1S/C15H16ClN2/c16-13-3-1-11(2-4-13)14-5-6-15(18-14)12-7-9-17-10-8-12/h1-6,12,18H,7-10H2. The molecular formula is C15H16ClN2. The van der Waals surface area contributed by atoms with E-state index in [0.29, 0.717) is 5.92 Å². The highest BCUT2D eigenvalue weighted by Gasteiger charge is 2.17. The molecule has 1 aliphatic heterocycles. The number of aromatic nitrogens is 1. The quantitative estimate of drug-likeness (QED) is 0.850. The fourth-order valence-corrected chi connectivity index (χ4v) is 2.64. The summed E-state index contributed by atoms with van der Waals surface area (Å²) in [6.07, 6.45) is 2.33. The molecule has 1 fully saturated rings. The molecule has 1 aliphatic rings. The number of rotatable bonds is 2. The number of H-pyrrole nitrogens is 1. The van der Waals surface area contributed by atoms with Gasteiger partial charge in [-0.05, 0) is 42.7 Å². The van der Waals surface area contributed by atoms with Gasteiger partial charge in [-0.1, -0.05) is 23.7 Å². The highest BCUT2D eigenvalue weighted by Crippen LogP contribution is 2.28. The van der Waals surface area contributed by atoms with Crippen LogP contribution in [0, 0.1) is 0 Å². The molecule has 0 atom stereocenters. The third-order valence-electron chi connectivity index (χ3n) is 3.57. The Kier molecular flexibility index (Phi) is 3.39. The van der Waals surface area contributed by atoms with Gasteiger partial charge in [0.2, 0.25) is 0 Å². The molecule has 0 aliphatic carbocycles. The Hall–Kier alpha value is -1.25. The van der Waals surface area contributed by atoms with E-state index in [2.05, 4.69) is 22.4 Å². The van der Waals surface area contributed by atoms with Crippen molar-refractivity contribution in [1.82, 2.24) is 10.3 Å². The van der Waals surface area contributed by atoms with Crippen LogP contribution in [-0.4, -0.2) is 18.1 Å². The van der Waals surface area contributed by atoms with Gasteiger partial charge in [0.05, 0.1) is 0 Å². The van der Waals surface area contributed by atoms with Gasteiger partial charge in [-0.2, -0.15) is 0 Å². The lowest BCUT2D eigenvalue weighted by Gasteiger charge is -2.20. The van der Waals surface area contributed by atoms with Crippen molar-refractivity contribution in [2.45, 2.75) is 18.8 Å². The Bertz CT molecular complexity index is 510. The van der Waals surface area contributed by atoms with Crippen LogP contribution in [0.2, 0.25) is 5.02 Å². The summed E-state index contributed by atoms with van der Waals surface area (Å²) in [5.41, 5.74) is 3.70. The summed E-state index contributed by atoms with van der Waals surface area (Å²) >= 11 is 5.91. The van der Waals surface area contributed by atoms with Gasteiger partial charge < -0.3 is 4.98 Å². The first kappa shape index (κ1) is 11.8. The van der Waals surface area contributed by atoms with Gasteiger partial charge in [-0.15, -0.1) is 0 Å². The van der Waals surface area contributed by atoms with E-state index in [9.17, 15) is 0 Å². The lowest BCUT2D eigenvalue weighted by atomic mass is 9.95. The smallest absolute Gasteiger partial charge is 0.0456 e. The summed E-state index contributed by atoms with van der Waals surface area (Å²) in [7, 11) is 0. The van der Waals surface area contributed by atoms with Crippen molar-refractivity contribution in [3.63, 3.8) is 0 Å². The van der Waals surface area contributed by atoms with Gasteiger partial charge in [0, 0.05) is 35.4 Å². The maximum atomic E-state index is 5.91. The zero-order chi connectivity index (χ0) is 12.4. The SMILES string of the molecule is Clc1ccc(-c2ccc(C3CC[N]CC3)[nH]2)cc1. The second-order valence-electron chi connectivity index (χ2n) is 4.78. The highest BCUT2D eigenvalue weighted by molar-refractivity contribution is 6.30. The predicted molar refractivity (Wildman–Crippen MR) is 75.1 cm³/mol. The summed E-state index contributed by atoms with van der Waals surface area (Å²) in [6, 6.07) is 12.3. The fraction of sp³-hybridized carbons (Fsp3) is 0.333. The van der Waals surface area contributed by atoms with Crippen LogP contribution in [0.4, 0.5) is 0 Å². The van der Waals surface area contributed by atoms with Crippen molar-refractivity contribution in [3.05, 3.63) is 47.1 Å². The molecule has 0 unspecified atom stereocenters. The molecule has 2 nitrogen and oxygen atoms in total. The molecule has 18 heavy (non-hydrogen) atoms. The van der Waals surface area contributed by atoms with Crippen LogP contribution >= 0.6 is 11.6 Å². The summed E-state index contributed by atoms with van der Waals surface area (Å²) < 4.78 is 0. The van der Waals surface area contributed by atoms with E-state index in [4.69, 9.17) is 11.6 Å². The van der Waals surface area contributed by atoms with Crippen LogP contribution in [0.5, 0.6) is 0 Å². The molecule has 2 heterocycles. The van der Waals surface area contributed by atoms with E-state index in [1.165, 1.54) is 29.8 Å². The molecule has 3 rings (SSSR count). The number of piperidine rings is 1. The van der Waals surface area contributed by atoms with Gasteiger partial charge in [-0.3, -0.25) is 0 Å². The second kappa shape index (κ2) is 5.17. The topological polar surface area (TPSA) is 29.9 Å². The Labute approximate surface area is 112 Å². The number of nitrogens with one attached hydrogen (secondary N) is 1. The number of hydrogen-bond acceptors (Lipinski definition) is 0. The maximum absolute atomic E-state index is 5.91. The number of benzene rings is 1. The lowest BCUT2D eigenvalue weighted by Crippen LogP contribution is -2.21. The van der Waals surface area contributed by atoms with E-state index in [0.717, 1.165) is 18.1 Å². The van der Waals surface area contributed by atoms with Crippen molar-refractivity contribution in [3.8, 4) is 11.3 Å². The van der Waals surface area contributed by atoms with Crippen LogP contribution in [-0.2, 0) is 0 Å². The van der Waals surface area contributed by atoms with Gasteiger partial charge in [0.25, 0.3) is 0 Å². The molecular weight excluding hydrogens is 244 g/mol. The van der Waals surface area contributed by atoms with Crippen molar-refractivity contribution < 1.29 is 0 Å². The molecule has 1 aromatic carbocycles. The molecule has 0 saturated carbocycles. The van der Waals surface area contributed by atoms with Gasteiger partial charge >= 0.3 is 0 Å². The van der Waals surface area contributed by atoms with Crippen LogP contribution in [0.1, 0.15) is 24.5 Å². The van der Waals surface area contributed by atoms with E-state index < -0.39 is 0 Å². The van der Waals surface area contributed by atoms with Gasteiger partial charge in [0.15, 0.2) is 0 Å². The van der Waals surface area contributed by atoms with E-state index in [1.807, 2.05) is 24.3 Å². The van der Waals surface area contributed by atoms with Crippen molar-refractivity contribution in [1.29, 1.82) is 0 Å². The molecule has 0 spiro atoms. The number of hydrogen-bond donors (Lipinski definition) is 1. The largest absolute Gasteiger partial charge is 0.358 e. The second-order valence-corrected chi connectivity index (χ2v) is 5.22. The number of halogens is 1.